The second-order valence-corrected chi connectivity index (χ2v) is 7.94. The molecule has 0 aliphatic carbocycles. The van der Waals surface area contributed by atoms with E-state index in [1.165, 1.54) is 0 Å². The number of aryl methyl sites for hydroxylation is 1. The minimum absolute atomic E-state index is 0.0433. The molecule has 0 amide bonds. The molecule has 2 heterocycles. The van der Waals surface area contributed by atoms with Crippen LogP contribution in [0, 0.1) is 6.92 Å². The zero-order chi connectivity index (χ0) is 22.1. The molecule has 0 saturated carbocycles. The second-order valence-electron chi connectivity index (χ2n) is 7.94. The lowest BCUT2D eigenvalue weighted by molar-refractivity contribution is -0.136. The SMILES string of the molecule is Cc1cc2c(CC(=O)O)cccc2n1C(O)c1ccc(OCC2OC(C)C(C)O2)cc1. The third-order valence-corrected chi connectivity index (χ3v) is 5.71. The van der Waals surface area contributed by atoms with Gasteiger partial charge in [-0.2, -0.15) is 0 Å². The quantitative estimate of drug-likeness (QED) is 0.601. The number of hydrogen-bond donors (Lipinski definition) is 2. The molecular weight excluding hydrogens is 398 g/mol. The van der Waals surface area contributed by atoms with Crippen LogP contribution in [-0.4, -0.2) is 45.9 Å². The largest absolute Gasteiger partial charge is 0.488 e. The molecule has 3 unspecified atom stereocenters. The van der Waals surface area contributed by atoms with E-state index in [0.29, 0.717) is 17.9 Å². The molecule has 1 aliphatic heterocycles. The topological polar surface area (TPSA) is 90.2 Å². The van der Waals surface area contributed by atoms with Crippen molar-refractivity contribution in [1.82, 2.24) is 4.57 Å². The van der Waals surface area contributed by atoms with Crippen LogP contribution in [0.2, 0.25) is 0 Å². The lowest BCUT2D eigenvalue weighted by Gasteiger charge is -2.18. The molecule has 1 saturated heterocycles. The molecule has 0 radical (unpaired) electrons. The number of fused-ring (bicyclic) bond motifs is 1. The number of carboxylic acids is 1. The van der Waals surface area contributed by atoms with Gasteiger partial charge in [0.2, 0.25) is 0 Å². The van der Waals surface area contributed by atoms with Gasteiger partial charge in [0, 0.05) is 16.6 Å². The van der Waals surface area contributed by atoms with E-state index in [2.05, 4.69) is 0 Å². The molecule has 1 aliphatic rings. The number of hydrogen-bond acceptors (Lipinski definition) is 5. The molecule has 7 nitrogen and oxygen atoms in total. The van der Waals surface area contributed by atoms with Crippen molar-refractivity contribution in [3.05, 3.63) is 65.4 Å². The fourth-order valence-corrected chi connectivity index (χ4v) is 3.95. The van der Waals surface area contributed by atoms with E-state index < -0.39 is 12.2 Å². The summed E-state index contributed by atoms with van der Waals surface area (Å²) in [6.45, 7) is 6.13. The van der Waals surface area contributed by atoms with Gasteiger partial charge in [0.25, 0.3) is 0 Å². The van der Waals surface area contributed by atoms with Gasteiger partial charge in [-0.3, -0.25) is 4.79 Å². The van der Waals surface area contributed by atoms with Crippen LogP contribution in [0.15, 0.2) is 48.5 Å². The summed E-state index contributed by atoms with van der Waals surface area (Å²) >= 11 is 0. The summed E-state index contributed by atoms with van der Waals surface area (Å²) in [6, 6.07) is 14.7. The fourth-order valence-electron chi connectivity index (χ4n) is 3.95. The van der Waals surface area contributed by atoms with Gasteiger partial charge in [-0.05, 0) is 50.6 Å². The number of aliphatic carboxylic acids is 1. The second kappa shape index (κ2) is 8.70. The van der Waals surface area contributed by atoms with Crippen LogP contribution in [0.4, 0.5) is 0 Å². The van der Waals surface area contributed by atoms with E-state index in [0.717, 1.165) is 22.2 Å². The zero-order valence-electron chi connectivity index (χ0n) is 17.8. The summed E-state index contributed by atoms with van der Waals surface area (Å²) < 4.78 is 18.9. The van der Waals surface area contributed by atoms with Crippen LogP contribution in [0.25, 0.3) is 10.9 Å². The first kappa shape index (κ1) is 21.4. The summed E-state index contributed by atoms with van der Waals surface area (Å²) in [6.07, 6.45) is -1.27. The van der Waals surface area contributed by atoms with Crippen LogP contribution >= 0.6 is 0 Å². The summed E-state index contributed by atoms with van der Waals surface area (Å²) in [7, 11) is 0. The molecular formula is C24H27NO6. The first-order chi connectivity index (χ1) is 14.8. The standard InChI is InChI=1S/C24H27NO6/c1-14-11-20-18(12-22(26)27)5-4-6-21(20)25(14)24(28)17-7-9-19(10-8-17)29-13-23-30-15(2)16(3)31-23/h4-11,15-16,23-24,28H,12-13H2,1-3H3,(H,26,27). The van der Waals surface area contributed by atoms with Gasteiger partial charge in [-0.1, -0.05) is 24.3 Å². The van der Waals surface area contributed by atoms with Crippen LogP contribution in [0.3, 0.4) is 0 Å². The zero-order valence-corrected chi connectivity index (χ0v) is 17.8. The molecule has 3 aromatic rings. The molecule has 3 atom stereocenters. The number of rotatable bonds is 7. The van der Waals surface area contributed by atoms with E-state index in [1.807, 2.05) is 51.1 Å². The van der Waals surface area contributed by atoms with Crippen LogP contribution in [0.1, 0.15) is 36.9 Å². The van der Waals surface area contributed by atoms with Crippen molar-refractivity contribution in [2.45, 2.75) is 51.9 Å². The monoisotopic (exact) mass is 425 g/mol. The molecule has 0 bridgehead atoms. The highest BCUT2D eigenvalue weighted by molar-refractivity contribution is 5.88. The van der Waals surface area contributed by atoms with E-state index >= 15 is 0 Å². The highest BCUT2D eigenvalue weighted by Gasteiger charge is 2.30. The van der Waals surface area contributed by atoms with Crippen LogP contribution < -0.4 is 4.74 Å². The summed E-state index contributed by atoms with van der Waals surface area (Å²) in [5.74, 6) is -0.223. The van der Waals surface area contributed by atoms with Gasteiger partial charge in [0.05, 0.1) is 24.1 Å². The number of aliphatic hydroxyl groups is 1. The molecule has 7 heteroatoms. The summed E-state index contributed by atoms with van der Waals surface area (Å²) in [5, 5.41) is 21.1. The number of nitrogens with zero attached hydrogens (tertiary/aromatic N) is 1. The van der Waals surface area contributed by atoms with Gasteiger partial charge in [0.15, 0.2) is 12.5 Å². The Kier molecular flexibility index (Phi) is 6.00. The number of benzene rings is 2. The molecule has 2 aromatic carbocycles. The Balaban J connectivity index is 1.51. The maximum atomic E-state index is 11.2. The Morgan fingerprint density at radius 1 is 1.13 bits per heavy atom. The Bertz CT molecular complexity index is 1060. The fraction of sp³-hybridized carbons (Fsp3) is 0.375. The number of aliphatic hydroxyl groups excluding tert-OH is 1. The molecule has 2 N–H and O–H groups in total. The molecule has 4 rings (SSSR count). The third-order valence-electron chi connectivity index (χ3n) is 5.71. The Morgan fingerprint density at radius 3 is 2.45 bits per heavy atom. The van der Waals surface area contributed by atoms with Gasteiger partial charge in [0.1, 0.15) is 12.4 Å². The van der Waals surface area contributed by atoms with Crippen molar-refractivity contribution >= 4 is 16.9 Å². The lowest BCUT2D eigenvalue weighted by Crippen LogP contribution is -2.19. The first-order valence-electron chi connectivity index (χ1n) is 10.4. The highest BCUT2D eigenvalue weighted by atomic mass is 16.7. The predicted octanol–water partition coefficient (Wildman–Crippen LogP) is 3.64. The summed E-state index contributed by atoms with van der Waals surface area (Å²) in [5.41, 5.74) is 3.07. The minimum Gasteiger partial charge on any atom is -0.488 e. The maximum absolute atomic E-state index is 11.2. The van der Waals surface area contributed by atoms with Gasteiger partial charge in [-0.15, -0.1) is 0 Å². The van der Waals surface area contributed by atoms with E-state index in [9.17, 15) is 15.0 Å². The van der Waals surface area contributed by atoms with Crippen LogP contribution in [0.5, 0.6) is 5.75 Å². The third kappa shape index (κ3) is 4.44. The van der Waals surface area contributed by atoms with Crippen molar-refractivity contribution < 1.29 is 29.2 Å². The highest BCUT2D eigenvalue weighted by Crippen LogP contribution is 2.30. The molecule has 1 fully saturated rings. The molecule has 1 aromatic heterocycles. The Morgan fingerprint density at radius 2 is 1.81 bits per heavy atom. The van der Waals surface area contributed by atoms with Crippen molar-refractivity contribution in [2.75, 3.05) is 6.61 Å². The number of carbonyl (C=O) groups is 1. The molecule has 164 valence electrons. The van der Waals surface area contributed by atoms with Gasteiger partial charge < -0.3 is 29.0 Å². The normalized spacial score (nSPS) is 22.0. The Hall–Kier alpha value is -2.87. The van der Waals surface area contributed by atoms with Crippen molar-refractivity contribution in [3.63, 3.8) is 0 Å². The molecule has 0 spiro atoms. The average molecular weight is 425 g/mol. The van der Waals surface area contributed by atoms with Gasteiger partial charge in [-0.25, -0.2) is 0 Å². The van der Waals surface area contributed by atoms with Crippen LogP contribution in [-0.2, 0) is 20.7 Å². The predicted molar refractivity (Wildman–Crippen MR) is 115 cm³/mol. The van der Waals surface area contributed by atoms with Crippen molar-refractivity contribution in [1.29, 1.82) is 0 Å². The Labute approximate surface area is 180 Å². The van der Waals surface area contributed by atoms with Crippen molar-refractivity contribution in [3.8, 4) is 5.75 Å². The average Bonchev–Trinajstić information content (AvgIpc) is 3.24. The van der Waals surface area contributed by atoms with Crippen molar-refractivity contribution in [2.24, 2.45) is 0 Å². The number of carboxylic acid groups (broad SMARTS) is 1. The van der Waals surface area contributed by atoms with Gasteiger partial charge >= 0.3 is 5.97 Å². The lowest BCUT2D eigenvalue weighted by atomic mass is 10.1. The maximum Gasteiger partial charge on any atom is 0.307 e. The smallest absolute Gasteiger partial charge is 0.307 e. The van der Waals surface area contributed by atoms with E-state index in [1.54, 1.807) is 22.8 Å². The van der Waals surface area contributed by atoms with E-state index in [-0.39, 0.29) is 24.9 Å². The first-order valence-corrected chi connectivity index (χ1v) is 10.4. The number of aromatic nitrogens is 1. The minimum atomic E-state index is -0.908. The summed E-state index contributed by atoms with van der Waals surface area (Å²) in [4.78, 5) is 11.2. The molecule has 31 heavy (non-hydrogen) atoms. The van der Waals surface area contributed by atoms with E-state index in [4.69, 9.17) is 14.2 Å². The number of ether oxygens (including phenoxy) is 3.